The average Bonchev–Trinajstić information content (AvgIpc) is 2.25. The van der Waals surface area contributed by atoms with Gasteiger partial charge in [-0.1, -0.05) is 18.2 Å². The minimum absolute atomic E-state index is 0.0101. The van der Waals surface area contributed by atoms with E-state index in [2.05, 4.69) is 5.32 Å². The van der Waals surface area contributed by atoms with E-state index in [1.807, 2.05) is 0 Å². The van der Waals surface area contributed by atoms with Crippen molar-refractivity contribution in [1.29, 1.82) is 0 Å². The summed E-state index contributed by atoms with van der Waals surface area (Å²) in [6.07, 6.45) is 1.30. The number of aliphatic hydroxyl groups is 1. The van der Waals surface area contributed by atoms with Gasteiger partial charge in [-0.15, -0.1) is 0 Å². The van der Waals surface area contributed by atoms with Gasteiger partial charge in [-0.25, -0.2) is 0 Å². The Kier molecular flexibility index (Phi) is 4.30. The Labute approximate surface area is 87.2 Å². The van der Waals surface area contributed by atoms with Crippen molar-refractivity contribution in [2.75, 3.05) is 13.2 Å². The quantitative estimate of drug-likeness (QED) is 0.427. The van der Waals surface area contributed by atoms with Crippen molar-refractivity contribution in [3.63, 3.8) is 0 Å². The fourth-order valence-corrected chi connectivity index (χ4v) is 1.08. The maximum atomic E-state index is 10.7. The van der Waals surface area contributed by atoms with Crippen molar-refractivity contribution in [3.8, 4) is 0 Å². The van der Waals surface area contributed by atoms with Crippen molar-refractivity contribution < 1.29 is 10.0 Å². The Balaban J connectivity index is 2.84. The summed E-state index contributed by atoms with van der Waals surface area (Å²) >= 11 is 0. The summed E-state index contributed by atoms with van der Waals surface area (Å²) in [6, 6.07) is 8.59. The van der Waals surface area contributed by atoms with E-state index in [9.17, 15) is 10.1 Å². The minimum Gasteiger partial charge on any atom is -0.395 e. The summed E-state index contributed by atoms with van der Waals surface area (Å²) in [7, 11) is 0. The molecule has 5 nitrogen and oxygen atoms in total. The maximum absolute atomic E-state index is 10.7. The summed E-state index contributed by atoms with van der Waals surface area (Å²) in [5.74, 6) is 0. The molecule has 15 heavy (non-hydrogen) atoms. The number of benzene rings is 1. The summed E-state index contributed by atoms with van der Waals surface area (Å²) in [4.78, 5) is 10.3. The lowest BCUT2D eigenvalue weighted by Crippen LogP contribution is -2.13. The number of hydrogen-bond acceptors (Lipinski definition) is 4. The van der Waals surface area contributed by atoms with E-state index in [1.54, 1.807) is 30.3 Å². The van der Waals surface area contributed by atoms with Gasteiger partial charge in [-0.05, 0) is 12.1 Å². The molecule has 0 unspecified atom stereocenters. The van der Waals surface area contributed by atoms with Crippen molar-refractivity contribution in [1.82, 2.24) is 5.32 Å². The van der Waals surface area contributed by atoms with Gasteiger partial charge in [0, 0.05) is 6.54 Å². The molecule has 0 spiro atoms. The van der Waals surface area contributed by atoms with E-state index in [0.29, 0.717) is 12.1 Å². The maximum Gasteiger partial charge on any atom is 0.292 e. The van der Waals surface area contributed by atoms with Crippen molar-refractivity contribution in [3.05, 3.63) is 52.2 Å². The first kappa shape index (κ1) is 11.2. The molecule has 0 saturated heterocycles. The molecule has 0 aromatic heterocycles. The number of nitrogens with zero attached hydrogens (tertiary/aromatic N) is 1. The second-order valence-electron chi connectivity index (χ2n) is 2.83. The first-order chi connectivity index (χ1) is 7.25. The normalized spacial score (nSPS) is 11.1. The van der Waals surface area contributed by atoms with Crippen molar-refractivity contribution in [2.24, 2.45) is 0 Å². The topological polar surface area (TPSA) is 75.4 Å². The van der Waals surface area contributed by atoms with Crippen LogP contribution in [0.15, 0.2) is 36.5 Å². The van der Waals surface area contributed by atoms with Gasteiger partial charge in [-0.3, -0.25) is 10.1 Å². The molecule has 0 fully saturated rings. The van der Waals surface area contributed by atoms with Gasteiger partial charge in [0.25, 0.3) is 5.70 Å². The standard InChI is InChI=1S/C10H12N2O3/c13-7-6-11-8-10(12(14)15)9-4-2-1-3-5-9/h1-5,8,11,13H,6-7H2/b10-8-. The first-order valence-electron chi connectivity index (χ1n) is 4.50. The number of hydrogen-bond donors (Lipinski definition) is 2. The Hall–Kier alpha value is -1.88. The lowest BCUT2D eigenvalue weighted by molar-refractivity contribution is -0.375. The molecule has 0 aliphatic heterocycles. The van der Waals surface area contributed by atoms with Gasteiger partial charge in [0.05, 0.1) is 23.3 Å². The minimum atomic E-state index is -0.459. The Morgan fingerprint density at radius 3 is 2.67 bits per heavy atom. The molecule has 0 amide bonds. The first-order valence-corrected chi connectivity index (χ1v) is 4.50. The van der Waals surface area contributed by atoms with E-state index in [4.69, 9.17) is 5.11 Å². The smallest absolute Gasteiger partial charge is 0.292 e. The zero-order valence-corrected chi connectivity index (χ0v) is 8.09. The van der Waals surface area contributed by atoms with E-state index in [1.165, 1.54) is 6.20 Å². The summed E-state index contributed by atoms with van der Waals surface area (Å²) in [5, 5.41) is 21.9. The summed E-state index contributed by atoms with van der Waals surface area (Å²) in [6.45, 7) is 0.237. The van der Waals surface area contributed by atoms with Crippen molar-refractivity contribution in [2.45, 2.75) is 0 Å². The highest BCUT2D eigenvalue weighted by Crippen LogP contribution is 2.12. The van der Waals surface area contributed by atoms with Crippen LogP contribution in [-0.4, -0.2) is 23.2 Å². The number of nitrogens with one attached hydrogen (secondary N) is 1. The van der Waals surface area contributed by atoms with Crippen LogP contribution in [0.5, 0.6) is 0 Å². The molecule has 1 aromatic rings. The zero-order chi connectivity index (χ0) is 11.1. The predicted octanol–water partition coefficient (Wildman–Crippen LogP) is 0.844. The van der Waals surface area contributed by atoms with Gasteiger partial charge in [0.2, 0.25) is 0 Å². The highest BCUT2D eigenvalue weighted by Gasteiger charge is 2.12. The number of aliphatic hydroxyl groups excluding tert-OH is 1. The zero-order valence-electron chi connectivity index (χ0n) is 8.09. The lowest BCUT2D eigenvalue weighted by Gasteiger charge is -1.99. The number of nitro groups is 1. The monoisotopic (exact) mass is 208 g/mol. The van der Waals surface area contributed by atoms with Crippen LogP contribution in [0, 0.1) is 10.1 Å². The summed E-state index contributed by atoms with van der Waals surface area (Å²) in [5.41, 5.74) is 0.525. The molecule has 0 atom stereocenters. The van der Waals surface area contributed by atoms with Crippen LogP contribution in [0.3, 0.4) is 0 Å². The predicted molar refractivity (Wildman–Crippen MR) is 56.5 cm³/mol. The summed E-state index contributed by atoms with van der Waals surface area (Å²) < 4.78 is 0. The molecule has 2 N–H and O–H groups in total. The van der Waals surface area contributed by atoms with E-state index in [0.717, 1.165) is 0 Å². The molecule has 1 aromatic carbocycles. The molecule has 0 aliphatic carbocycles. The van der Waals surface area contributed by atoms with Crippen LogP contribution < -0.4 is 5.32 Å². The Bertz CT molecular complexity index is 349. The third kappa shape index (κ3) is 3.40. The second kappa shape index (κ2) is 5.77. The fraction of sp³-hybridized carbons (Fsp3) is 0.200. The highest BCUT2D eigenvalue weighted by molar-refractivity contribution is 5.57. The molecule has 0 aliphatic rings. The molecular formula is C10H12N2O3. The Morgan fingerprint density at radius 2 is 2.13 bits per heavy atom. The molecule has 0 saturated carbocycles. The van der Waals surface area contributed by atoms with Crippen LogP contribution in [0.1, 0.15) is 5.56 Å². The van der Waals surface area contributed by atoms with Crippen LogP contribution in [0.25, 0.3) is 5.70 Å². The molecular weight excluding hydrogens is 196 g/mol. The molecule has 0 radical (unpaired) electrons. The largest absolute Gasteiger partial charge is 0.395 e. The molecule has 0 bridgehead atoms. The SMILES string of the molecule is O=[N+]([O-])/C(=C\NCCO)c1ccccc1. The molecule has 0 heterocycles. The van der Waals surface area contributed by atoms with Crippen LogP contribution >= 0.6 is 0 Å². The van der Waals surface area contributed by atoms with Crippen molar-refractivity contribution >= 4 is 5.70 Å². The van der Waals surface area contributed by atoms with Gasteiger partial charge >= 0.3 is 0 Å². The van der Waals surface area contributed by atoms with Gasteiger partial charge < -0.3 is 10.4 Å². The fourth-order valence-electron chi connectivity index (χ4n) is 1.08. The van der Waals surface area contributed by atoms with E-state index < -0.39 is 4.92 Å². The second-order valence-corrected chi connectivity index (χ2v) is 2.83. The van der Waals surface area contributed by atoms with Crippen LogP contribution in [-0.2, 0) is 0 Å². The molecule has 1 rings (SSSR count). The van der Waals surface area contributed by atoms with Gasteiger partial charge in [-0.2, -0.15) is 0 Å². The average molecular weight is 208 g/mol. The van der Waals surface area contributed by atoms with E-state index >= 15 is 0 Å². The molecule has 80 valence electrons. The third-order valence-electron chi connectivity index (χ3n) is 1.76. The van der Waals surface area contributed by atoms with Crippen LogP contribution in [0.2, 0.25) is 0 Å². The molecule has 5 heteroatoms. The highest BCUT2D eigenvalue weighted by atomic mass is 16.6. The Morgan fingerprint density at radius 1 is 1.47 bits per heavy atom. The lowest BCUT2D eigenvalue weighted by atomic mass is 10.2. The number of rotatable bonds is 5. The van der Waals surface area contributed by atoms with Crippen LogP contribution in [0.4, 0.5) is 0 Å². The van der Waals surface area contributed by atoms with Gasteiger partial charge in [0.1, 0.15) is 0 Å². The third-order valence-corrected chi connectivity index (χ3v) is 1.76. The van der Waals surface area contributed by atoms with E-state index in [-0.39, 0.29) is 12.3 Å². The van der Waals surface area contributed by atoms with Gasteiger partial charge in [0.15, 0.2) is 0 Å².